The zero-order chi connectivity index (χ0) is 13.1. The van der Waals surface area contributed by atoms with Crippen LogP contribution >= 0.6 is 0 Å². The molecule has 5 nitrogen and oxygen atoms in total. The summed E-state index contributed by atoms with van der Waals surface area (Å²) >= 11 is 0. The minimum atomic E-state index is -2.95. The van der Waals surface area contributed by atoms with Gasteiger partial charge in [-0.15, -0.1) is 0 Å². The van der Waals surface area contributed by atoms with Crippen molar-refractivity contribution < 1.29 is 8.42 Å². The first kappa shape index (κ1) is 14.2. The van der Waals surface area contributed by atoms with E-state index in [-0.39, 0.29) is 11.5 Å². The van der Waals surface area contributed by atoms with Crippen LogP contribution in [0.15, 0.2) is 0 Å². The van der Waals surface area contributed by atoms with Crippen LogP contribution in [0.1, 0.15) is 30.3 Å². The van der Waals surface area contributed by atoms with Gasteiger partial charge in [0.15, 0.2) is 9.84 Å². The molecule has 1 aromatic rings. The van der Waals surface area contributed by atoms with Gasteiger partial charge in [-0.3, -0.25) is 4.68 Å². The Labute approximate surface area is 103 Å². The molecule has 1 rings (SSSR count). The smallest absolute Gasteiger partial charge is 0.152 e. The summed E-state index contributed by atoms with van der Waals surface area (Å²) in [4.78, 5) is 0. The van der Waals surface area contributed by atoms with Gasteiger partial charge in [0.25, 0.3) is 0 Å². The number of aromatic nitrogens is 2. The van der Waals surface area contributed by atoms with Crippen molar-refractivity contribution in [3.8, 4) is 0 Å². The second kappa shape index (κ2) is 5.64. The van der Waals surface area contributed by atoms with E-state index in [1.54, 1.807) is 4.68 Å². The molecule has 17 heavy (non-hydrogen) atoms. The van der Waals surface area contributed by atoms with Crippen LogP contribution in [0.3, 0.4) is 0 Å². The van der Waals surface area contributed by atoms with Gasteiger partial charge in [0.2, 0.25) is 0 Å². The number of hydrogen-bond donors (Lipinski definition) is 1. The van der Waals surface area contributed by atoms with Gasteiger partial charge in [0, 0.05) is 23.6 Å². The highest BCUT2D eigenvalue weighted by atomic mass is 32.2. The van der Waals surface area contributed by atoms with Crippen molar-refractivity contribution >= 4 is 9.84 Å². The fourth-order valence-corrected chi connectivity index (χ4v) is 3.16. The summed E-state index contributed by atoms with van der Waals surface area (Å²) in [5.41, 5.74) is 8.49. The monoisotopic (exact) mass is 259 g/mol. The molecule has 0 unspecified atom stereocenters. The van der Waals surface area contributed by atoms with Gasteiger partial charge in [0.05, 0.1) is 18.0 Å². The van der Waals surface area contributed by atoms with Crippen LogP contribution in [0.2, 0.25) is 0 Å². The molecule has 1 heterocycles. The zero-order valence-electron chi connectivity index (χ0n) is 10.7. The summed E-state index contributed by atoms with van der Waals surface area (Å²) in [6.07, 6.45) is 0.660. The van der Waals surface area contributed by atoms with E-state index in [4.69, 9.17) is 5.73 Å². The zero-order valence-corrected chi connectivity index (χ0v) is 11.5. The fraction of sp³-hybridized carbons (Fsp3) is 0.727. The second-order valence-corrected chi connectivity index (χ2v) is 6.53. The molecule has 0 amide bonds. The highest BCUT2D eigenvalue weighted by Crippen LogP contribution is 2.12. The van der Waals surface area contributed by atoms with Crippen LogP contribution in [-0.2, 0) is 22.9 Å². The Kier molecular flexibility index (Phi) is 4.70. The van der Waals surface area contributed by atoms with E-state index in [2.05, 4.69) is 5.10 Å². The van der Waals surface area contributed by atoms with Gasteiger partial charge < -0.3 is 5.73 Å². The van der Waals surface area contributed by atoms with Gasteiger partial charge in [0.1, 0.15) is 0 Å². The highest BCUT2D eigenvalue weighted by molar-refractivity contribution is 7.91. The average Bonchev–Trinajstić information content (AvgIpc) is 2.51. The molecule has 1 aromatic heterocycles. The quantitative estimate of drug-likeness (QED) is 0.819. The lowest BCUT2D eigenvalue weighted by molar-refractivity contribution is 0.575. The Bertz CT molecular complexity index is 477. The molecule has 0 atom stereocenters. The third-order valence-electron chi connectivity index (χ3n) is 2.86. The lowest BCUT2D eigenvalue weighted by Crippen LogP contribution is -2.17. The maximum atomic E-state index is 11.6. The molecule has 0 aliphatic carbocycles. The summed E-state index contributed by atoms with van der Waals surface area (Å²) in [5.74, 6) is 0.392. The van der Waals surface area contributed by atoms with Crippen molar-refractivity contribution in [3.63, 3.8) is 0 Å². The van der Waals surface area contributed by atoms with E-state index >= 15 is 0 Å². The van der Waals surface area contributed by atoms with Crippen LogP contribution in [0.25, 0.3) is 0 Å². The van der Waals surface area contributed by atoms with E-state index in [9.17, 15) is 8.42 Å². The van der Waals surface area contributed by atoms with Crippen molar-refractivity contribution in [3.05, 3.63) is 17.0 Å². The van der Waals surface area contributed by atoms with E-state index in [1.165, 1.54) is 0 Å². The first-order chi connectivity index (χ1) is 7.91. The number of rotatable bonds is 6. The van der Waals surface area contributed by atoms with Crippen LogP contribution in [0.5, 0.6) is 0 Å². The lowest BCUT2D eigenvalue weighted by atomic mass is 10.2. The highest BCUT2D eigenvalue weighted by Gasteiger charge is 2.13. The molecule has 0 radical (unpaired) electrons. The topological polar surface area (TPSA) is 78.0 Å². The third-order valence-corrected chi connectivity index (χ3v) is 4.70. The standard InChI is InChI=1S/C11H21N3O2S/c1-4-6-17(15,16)7-5-14-10(3)11(8-12)9(2)13-14/h4-8,12H2,1-3H3. The van der Waals surface area contributed by atoms with Crippen molar-refractivity contribution in [2.75, 3.05) is 11.5 Å². The number of nitrogens with zero attached hydrogens (tertiary/aromatic N) is 2. The molecule has 0 saturated carbocycles. The lowest BCUT2D eigenvalue weighted by Gasteiger charge is -2.05. The molecule has 98 valence electrons. The van der Waals surface area contributed by atoms with Crippen molar-refractivity contribution in [2.45, 2.75) is 40.3 Å². The van der Waals surface area contributed by atoms with Gasteiger partial charge in [-0.2, -0.15) is 5.10 Å². The summed E-state index contributed by atoms with van der Waals surface area (Å²) in [5, 5.41) is 4.32. The van der Waals surface area contributed by atoms with E-state index in [0.717, 1.165) is 17.0 Å². The summed E-state index contributed by atoms with van der Waals surface area (Å²) in [6, 6.07) is 0. The largest absolute Gasteiger partial charge is 0.326 e. The molecule has 0 aromatic carbocycles. The molecule has 0 aliphatic heterocycles. The van der Waals surface area contributed by atoms with E-state index in [0.29, 0.717) is 19.5 Å². The predicted octanol–water partition coefficient (Wildman–Crippen LogP) is 0.783. The number of sulfone groups is 1. The first-order valence-electron chi connectivity index (χ1n) is 5.84. The van der Waals surface area contributed by atoms with Gasteiger partial charge in [-0.1, -0.05) is 6.92 Å². The number of hydrogen-bond acceptors (Lipinski definition) is 4. The summed E-state index contributed by atoms with van der Waals surface area (Å²) in [7, 11) is -2.95. The maximum Gasteiger partial charge on any atom is 0.152 e. The molecule has 0 bridgehead atoms. The van der Waals surface area contributed by atoms with Crippen molar-refractivity contribution in [1.82, 2.24) is 9.78 Å². The molecule has 0 aliphatic rings. The Hall–Kier alpha value is -0.880. The SMILES string of the molecule is CCCS(=O)(=O)CCn1nc(C)c(CN)c1C. The fourth-order valence-electron chi connectivity index (χ4n) is 1.89. The molecular formula is C11H21N3O2S. The molecule has 0 fully saturated rings. The van der Waals surface area contributed by atoms with Crippen molar-refractivity contribution in [2.24, 2.45) is 5.73 Å². The molecule has 0 saturated heterocycles. The molecule has 0 spiro atoms. The van der Waals surface area contributed by atoms with Gasteiger partial charge in [-0.05, 0) is 20.3 Å². The number of aryl methyl sites for hydroxylation is 2. The minimum Gasteiger partial charge on any atom is -0.326 e. The average molecular weight is 259 g/mol. The van der Waals surface area contributed by atoms with Crippen LogP contribution < -0.4 is 5.73 Å². The second-order valence-electron chi connectivity index (χ2n) is 4.23. The van der Waals surface area contributed by atoms with Gasteiger partial charge >= 0.3 is 0 Å². The Balaban J connectivity index is 2.77. The number of nitrogens with two attached hydrogens (primary N) is 1. The van der Waals surface area contributed by atoms with E-state index < -0.39 is 9.84 Å². The molecular weight excluding hydrogens is 238 g/mol. The summed E-state index contributed by atoms with van der Waals surface area (Å²) in [6.45, 7) is 6.54. The first-order valence-corrected chi connectivity index (χ1v) is 7.66. The third kappa shape index (κ3) is 3.54. The Morgan fingerprint density at radius 1 is 1.29 bits per heavy atom. The van der Waals surface area contributed by atoms with E-state index in [1.807, 2.05) is 20.8 Å². The van der Waals surface area contributed by atoms with Crippen LogP contribution in [0.4, 0.5) is 0 Å². The maximum absolute atomic E-state index is 11.6. The molecule has 6 heteroatoms. The molecule has 2 N–H and O–H groups in total. The van der Waals surface area contributed by atoms with Crippen LogP contribution in [-0.4, -0.2) is 29.7 Å². The predicted molar refractivity (Wildman–Crippen MR) is 68.5 cm³/mol. The van der Waals surface area contributed by atoms with Crippen LogP contribution in [0, 0.1) is 13.8 Å². The summed E-state index contributed by atoms with van der Waals surface area (Å²) < 4.78 is 25.0. The Morgan fingerprint density at radius 3 is 2.41 bits per heavy atom. The van der Waals surface area contributed by atoms with Gasteiger partial charge in [-0.25, -0.2) is 8.42 Å². The normalized spacial score (nSPS) is 12.0. The van der Waals surface area contributed by atoms with Crippen molar-refractivity contribution in [1.29, 1.82) is 0 Å². The minimum absolute atomic E-state index is 0.146. The Morgan fingerprint density at radius 2 is 1.94 bits per heavy atom.